The lowest BCUT2D eigenvalue weighted by Gasteiger charge is -2.36. The molecule has 1 aliphatic heterocycles. The molecule has 2 aliphatic rings. The molecular weight excluding hydrogens is 404 g/mol. The molecule has 1 amide bonds. The van der Waals surface area contributed by atoms with E-state index < -0.39 is 0 Å². The summed E-state index contributed by atoms with van der Waals surface area (Å²) in [5.74, 6) is 2.07. The average Bonchev–Trinajstić information content (AvgIpc) is 3.54. The molecule has 0 radical (unpaired) electrons. The van der Waals surface area contributed by atoms with Gasteiger partial charge in [-0.05, 0) is 49.3 Å². The fourth-order valence-corrected chi connectivity index (χ4v) is 5.65. The van der Waals surface area contributed by atoms with Gasteiger partial charge in [-0.15, -0.1) is 11.3 Å². The number of anilines is 1. The maximum absolute atomic E-state index is 12.8. The number of rotatable bonds is 6. The van der Waals surface area contributed by atoms with Crippen molar-refractivity contribution < 1.29 is 4.79 Å². The van der Waals surface area contributed by atoms with E-state index in [1.807, 2.05) is 17.0 Å². The minimum Gasteiger partial charge on any atom is -0.352 e. The summed E-state index contributed by atoms with van der Waals surface area (Å²) in [6.07, 6.45) is 8.99. The number of nitrogens with zero attached hydrogens (tertiary/aromatic N) is 4. The van der Waals surface area contributed by atoms with Gasteiger partial charge in [0.1, 0.15) is 5.82 Å². The Morgan fingerprint density at radius 1 is 1.00 bits per heavy atom. The minimum atomic E-state index is 0.287. The Morgan fingerprint density at radius 2 is 1.81 bits per heavy atom. The van der Waals surface area contributed by atoms with Crippen LogP contribution in [0, 0.1) is 0 Å². The molecule has 0 atom stereocenters. The predicted molar refractivity (Wildman–Crippen MR) is 128 cm³/mol. The normalized spacial score (nSPS) is 17.4. The van der Waals surface area contributed by atoms with Crippen molar-refractivity contribution in [2.45, 2.75) is 57.4 Å². The van der Waals surface area contributed by atoms with E-state index in [-0.39, 0.29) is 5.91 Å². The second-order valence-electron chi connectivity index (χ2n) is 8.69. The number of hydrogen-bond acceptors (Lipinski definition) is 5. The van der Waals surface area contributed by atoms with E-state index in [0.29, 0.717) is 12.5 Å². The molecule has 1 saturated heterocycles. The molecule has 5 nitrogen and oxygen atoms in total. The van der Waals surface area contributed by atoms with Crippen LogP contribution in [0.5, 0.6) is 0 Å². The number of fused-ring (bicyclic) bond motifs is 1. The lowest BCUT2D eigenvalue weighted by molar-refractivity contribution is -0.129. The van der Waals surface area contributed by atoms with Crippen LogP contribution < -0.4 is 4.90 Å². The number of aromatic nitrogens is 2. The van der Waals surface area contributed by atoms with Crippen LogP contribution in [0.2, 0.25) is 0 Å². The SMILES string of the molecule is O=C(CCN(c1nc(-c2cccs2)nc2ccccc12)C1CCCCC1)N1CCCC1. The first kappa shape index (κ1) is 20.4. The van der Waals surface area contributed by atoms with Crippen LogP contribution >= 0.6 is 11.3 Å². The number of hydrogen-bond donors (Lipinski definition) is 0. The Kier molecular flexibility index (Phi) is 6.16. The Hall–Kier alpha value is -2.47. The Bertz CT molecular complexity index is 1020. The van der Waals surface area contributed by atoms with Crippen molar-refractivity contribution >= 4 is 34.0 Å². The van der Waals surface area contributed by atoms with Crippen molar-refractivity contribution in [2.75, 3.05) is 24.5 Å². The van der Waals surface area contributed by atoms with E-state index in [9.17, 15) is 4.79 Å². The summed E-state index contributed by atoms with van der Waals surface area (Å²) in [5, 5.41) is 3.16. The molecule has 0 spiro atoms. The summed E-state index contributed by atoms with van der Waals surface area (Å²) < 4.78 is 0. The van der Waals surface area contributed by atoms with Crippen LogP contribution in [-0.2, 0) is 4.79 Å². The van der Waals surface area contributed by atoms with Gasteiger partial charge in [0.25, 0.3) is 0 Å². The summed E-state index contributed by atoms with van der Waals surface area (Å²) in [5.41, 5.74) is 0.975. The Labute approximate surface area is 188 Å². The number of carbonyl (C=O) groups excluding carboxylic acids is 1. The first-order chi connectivity index (χ1) is 15.3. The molecule has 31 heavy (non-hydrogen) atoms. The highest BCUT2D eigenvalue weighted by molar-refractivity contribution is 7.13. The van der Waals surface area contributed by atoms with Gasteiger partial charge in [-0.25, -0.2) is 9.97 Å². The maximum Gasteiger partial charge on any atom is 0.224 e. The minimum absolute atomic E-state index is 0.287. The number of para-hydroxylation sites is 1. The monoisotopic (exact) mass is 434 g/mol. The number of benzene rings is 1. The summed E-state index contributed by atoms with van der Waals surface area (Å²) in [6, 6.07) is 12.9. The van der Waals surface area contributed by atoms with Crippen molar-refractivity contribution in [1.29, 1.82) is 0 Å². The molecule has 5 rings (SSSR count). The second kappa shape index (κ2) is 9.35. The van der Waals surface area contributed by atoms with Gasteiger partial charge in [0.05, 0.1) is 10.4 Å². The van der Waals surface area contributed by atoms with Crippen LogP contribution in [0.3, 0.4) is 0 Å². The zero-order chi connectivity index (χ0) is 21.0. The molecule has 2 fully saturated rings. The van der Waals surface area contributed by atoms with Crippen molar-refractivity contribution in [3.05, 3.63) is 41.8 Å². The predicted octanol–water partition coefficient (Wildman–Crippen LogP) is 5.51. The van der Waals surface area contributed by atoms with Gasteiger partial charge in [0, 0.05) is 37.5 Å². The molecule has 0 bridgehead atoms. The van der Waals surface area contributed by atoms with E-state index in [4.69, 9.17) is 9.97 Å². The van der Waals surface area contributed by atoms with E-state index in [1.165, 1.54) is 32.1 Å². The molecule has 1 saturated carbocycles. The first-order valence-electron chi connectivity index (χ1n) is 11.6. The Morgan fingerprint density at radius 3 is 2.58 bits per heavy atom. The van der Waals surface area contributed by atoms with Crippen LogP contribution in [0.15, 0.2) is 41.8 Å². The van der Waals surface area contributed by atoms with Gasteiger partial charge in [-0.1, -0.05) is 37.5 Å². The zero-order valence-corrected chi connectivity index (χ0v) is 18.8. The number of likely N-dealkylation sites (tertiary alicyclic amines) is 1. The number of thiophene rings is 1. The third-order valence-corrected chi connectivity index (χ3v) is 7.50. The van der Waals surface area contributed by atoms with Crippen molar-refractivity contribution in [3.63, 3.8) is 0 Å². The van der Waals surface area contributed by atoms with Gasteiger partial charge >= 0.3 is 0 Å². The van der Waals surface area contributed by atoms with Crippen molar-refractivity contribution in [2.24, 2.45) is 0 Å². The lowest BCUT2D eigenvalue weighted by atomic mass is 9.93. The number of carbonyl (C=O) groups is 1. The molecule has 162 valence electrons. The van der Waals surface area contributed by atoms with Crippen molar-refractivity contribution in [3.8, 4) is 10.7 Å². The van der Waals surface area contributed by atoms with E-state index >= 15 is 0 Å². The Balaban J connectivity index is 1.52. The number of amides is 1. The van der Waals surface area contributed by atoms with E-state index in [2.05, 4.69) is 34.5 Å². The largest absolute Gasteiger partial charge is 0.352 e. The van der Waals surface area contributed by atoms with Gasteiger partial charge < -0.3 is 9.80 Å². The highest BCUT2D eigenvalue weighted by Gasteiger charge is 2.27. The lowest BCUT2D eigenvalue weighted by Crippen LogP contribution is -2.40. The fourth-order valence-electron chi connectivity index (χ4n) is 4.99. The van der Waals surface area contributed by atoms with Gasteiger partial charge in [-0.3, -0.25) is 4.79 Å². The summed E-state index contributed by atoms with van der Waals surface area (Å²) in [6.45, 7) is 2.56. The molecular formula is C25H30N4OS. The quantitative estimate of drug-likeness (QED) is 0.513. The zero-order valence-electron chi connectivity index (χ0n) is 18.0. The van der Waals surface area contributed by atoms with E-state index in [0.717, 1.165) is 59.9 Å². The summed E-state index contributed by atoms with van der Waals surface area (Å²) >= 11 is 1.67. The average molecular weight is 435 g/mol. The van der Waals surface area contributed by atoms with E-state index in [1.54, 1.807) is 11.3 Å². The molecule has 1 aromatic carbocycles. The second-order valence-corrected chi connectivity index (χ2v) is 9.64. The van der Waals surface area contributed by atoms with Crippen LogP contribution in [0.1, 0.15) is 51.4 Å². The van der Waals surface area contributed by atoms with Gasteiger partial charge in [0.2, 0.25) is 5.91 Å². The van der Waals surface area contributed by atoms with Crippen molar-refractivity contribution in [1.82, 2.24) is 14.9 Å². The van der Waals surface area contributed by atoms with Crippen LogP contribution in [0.25, 0.3) is 21.6 Å². The molecule has 0 N–H and O–H groups in total. The van der Waals surface area contributed by atoms with Crippen LogP contribution in [-0.4, -0.2) is 46.5 Å². The summed E-state index contributed by atoms with van der Waals surface area (Å²) in [4.78, 5) is 28.4. The molecule has 3 heterocycles. The summed E-state index contributed by atoms with van der Waals surface area (Å²) in [7, 11) is 0. The van der Waals surface area contributed by atoms with Gasteiger partial charge in [-0.2, -0.15) is 0 Å². The van der Waals surface area contributed by atoms with Gasteiger partial charge in [0.15, 0.2) is 5.82 Å². The highest BCUT2D eigenvalue weighted by Crippen LogP contribution is 2.33. The topological polar surface area (TPSA) is 49.3 Å². The third-order valence-electron chi connectivity index (χ3n) is 6.64. The fraction of sp³-hybridized carbons (Fsp3) is 0.480. The third kappa shape index (κ3) is 4.45. The molecule has 2 aromatic heterocycles. The first-order valence-corrected chi connectivity index (χ1v) is 12.5. The molecule has 3 aromatic rings. The standard InChI is InChI=1S/C25H30N4OS/c30-23(28-15-6-7-16-28)14-17-29(19-9-2-1-3-10-19)25-20-11-4-5-12-21(20)26-24(27-25)22-13-8-18-31-22/h4-5,8,11-13,18-19H,1-3,6-7,9-10,14-17H2. The van der Waals surface area contributed by atoms with Crippen LogP contribution in [0.4, 0.5) is 5.82 Å². The molecule has 6 heteroatoms. The molecule has 1 aliphatic carbocycles. The maximum atomic E-state index is 12.8. The highest BCUT2D eigenvalue weighted by atomic mass is 32.1. The smallest absolute Gasteiger partial charge is 0.224 e. The molecule has 0 unspecified atom stereocenters.